The summed E-state index contributed by atoms with van der Waals surface area (Å²) in [5, 5.41) is 8.62. The number of aryl methyl sites for hydroxylation is 1. The van der Waals surface area contributed by atoms with Gasteiger partial charge in [-0.25, -0.2) is 9.59 Å². The third-order valence-electron chi connectivity index (χ3n) is 2.52. The van der Waals surface area contributed by atoms with Crippen molar-refractivity contribution < 1.29 is 29.0 Å². The molecule has 0 bridgehead atoms. The Kier molecular flexibility index (Phi) is 6.01. The quantitative estimate of drug-likeness (QED) is 0.365. The molecule has 22 heavy (non-hydrogen) atoms. The number of hydrogen-bond acceptors (Lipinski definition) is 5. The minimum absolute atomic E-state index is 0.0768. The first-order chi connectivity index (χ1) is 10.1. The van der Waals surface area contributed by atoms with E-state index >= 15 is 0 Å². The van der Waals surface area contributed by atoms with Crippen LogP contribution in [0.4, 0.5) is 0 Å². The van der Waals surface area contributed by atoms with Crippen molar-refractivity contribution in [3.8, 4) is 0 Å². The number of hydrogen-bond donors (Lipinski definition) is 4. The molecule has 1 aromatic rings. The number of allylic oxidation sites excluding steroid dienone is 1. The average Bonchev–Trinajstić information content (AvgIpc) is 2.37. The molecular formula is C11H15N2O8P. The van der Waals surface area contributed by atoms with Crippen LogP contribution in [0.3, 0.4) is 0 Å². The number of carbonyl (C=O) groups is 1. The predicted molar refractivity (Wildman–Crippen MR) is 74.6 cm³/mol. The molecule has 1 atom stereocenters. The minimum atomic E-state index is -4.91. The largest absolute Gasteiger partial charge is 0.479 e. The van der Waals surface area contributed by atoms with Gasteiger partial charge in [0.15, 0.2) is 0 Å². The molecule has 122 valence electrons. The van der Waals surface area contributed by atoms with Gasteiger partial charge in [0, 0.05) is 18.3 Å². The van der Waals surface area contributed by atoms with Gasteiger partial charge in [-0.05, 0) is 6.92 Å². The molecule has 0 aromatic carbocycles. The fourth-order valence-corrected chi connectivity index (χ4v) is 2.04. The van der Waals surface area contributed by atoms with E-state index in [9.17, 15) is 18.9 Å². The lowest BCUT2D eigenvalue weighted by Gasteiger charge is -2.13. The maximum atomic E-state index is 11.4. The zero-order chi connectivity index (χ0) is 16.9. The Morgan fingerprint density at radius 2 is 2.09 bits per heavy atom. The Hall–Kier alpha value is -2.00. The lowest BCUT2D eigenvalue weighted by molar-refractivity contribution is -0.145. The molecule has 0 fully saturated rings. The highest BCUT2D eigenvalue weighted by Gasteiger charge is 2.36. The zero-order valence-electron chi connectivity index (χ0n) is 11.5. The summed E-state index contributed by atoms with van der Waals surface area (Å²) in [7, 11) is -4.91. The second-order valence-electron chi connectivity index (χ2n) is 4.31. The number of rotatable bonds is 7. The number of aliphatic carboxylic acids is 1. The van der Waals surface area contributed by atoms with Gasteiger partial charge >= 0.3 is 19.3 Å². The number of aromatic amines is 1. The Balaban J connectivity index is 2.63. The van der Waals surface area contributed by atoms with Crippen LogP contribution in [0.2, 0.25) is 0 Å². The van der Waals surface area contributed by atoms with E-state index < -0.39 is 30.7 Å². The van der Waals surface area contributed by atoms with E-state index in [1.165, 1.54) is 29.8 Å². The highest BCUT2D eigenvalue weighted by Crippen LogP contribution is 2.41. The number of aromatic nitrogens is 2. The van der Waals surface area contributed by atoms with E-state index in [2.05, 4.69) is 9.72 Å². The number of nitrogens with zero attached hydrogens (tertiary/aromatic N) is 1. The maximum absolute atomic E-state index is 11.4. The third-order valence-corrected chi connectivity index (χ3v) is 3.51. The Morgan fingerprint density at radius 1 is 1.45 bits per heavy atom. The highest BCUT2D eigenvalue weighted by molar-refractivity contribution is 7.53. The van der Waals surface area contributed by atoms with Crippen molar-refractivity contribution in [3.63, 3.8) is 0 Å². The van der Waals surface area contributed by atoms with Gasteiger partial charge in [0.1, 0.15) is 0 Å². The first-order valence-electron chi connectivity index (χ1n) is 5.98. The lowest BCUT2D eigenvalue weighted by Crippen LogP contribution is -2.30. The van der Waals surface area contributed by atoms with Crippen molar-refractivity contribution in [3.05, 3.63) is 44.8 Å². The Labute approximate surface area is 123 Å². The van der Waals surface area contributed by atoms with Crippen LogP contribution in [0.5, 0.6) is 0 Å². The van der Waals surface area contributed by atoms with Crippen molar-refractivity contribution in [1.82, 2.24) is 9.55 Å². The average molecular weight is 334 g/mol. The molecule has 0 aliphatic heterocycles. The van der Waals surface area contributed by atoms with Crippen LogP contribution < -0.4 is 11.2 Å². The molecule has 11 heteroatoms. The summed E-state index contributed by atoms with van der Waals surface area (Å²) in [6.07, 6.45) is 4.08. The zero-order valence-corrected chi connectivity index (χ0v) is 12.4. The molecule has 0 aliphatic carbocycles. The van der Waals surface area contributed by atoms with Gasteiger partial charge in [0.2, 0.25) is 0 Å². The predicted octanol–water partition coefficient (Wildman–Crippen LogP) is -0.994. The van der Waals surface area contributed by atoms with E-state index in [1.54, 1.807) is 0 Å². The molecule has 0 saturated carbocycles. The van der Waals surface area contributed by atoms with Crippen molar-refractivity contribution in [2.75, 3.05) is 6.61 Å². The standard InChI is InChI=1S/C11H15N2O8P/c1-7-6-13(11(17)12-8(7)14)4-2-3-5-21-10(9(15)16)22(18,19)20/h2-3,6,10H,4-5H2,1H3,(H,15,16)(H,12,14,17)(H2,18,19,20). The van der Waals surface area contributed by atoms with Gasteiger partial charge in [0.25, 0.3) is 11.4 Å². The monoisotopic (exact) mass is 334 g/mol. The summed E-state index contributed by atoms with van der Waals surface area (Å²) in [6.45, 7) is 1.24. The molecular weight excluding hydrogens is 319 g/mol. The highest BCUT2D eigenvalue weighted by atomic mass is 31.2. The van der Waals surface area contributed by atoms with E-state index in [1.807, 2.05) is 0 Å². The van der Waals surface area contributed by atoms with Crippen LogP contribution >= 0.6 is 7.60 Å². The lowest BCUT2D eigenvalue weighted by atomic mass is 10.4. The van der Waals surface area contributed by atoms with E-state index in [4.69, 9.17) is 14.9 Å². The summed E-state index contributed by atoms with van der Waals surface area (Å²) >= 11 is 0. The molecule has 1 aromatic heterocycles. The number of ether oxygens (including phenoxy) is 1. The van der Waals surface area contributed by atoms with Gasteiger partial charge in [-0.15, -0.1) is 0 Å². The molecule has 0 amide bonds. The summed E-state index contributed by atoms with van der Waals surface area (Å²) in [5.74, 6) is -4.01. The van der Waals surface area contributed by atoms with Crippen LogP contribution in [0, 0.1) is 6.92 Å². The number of carboxylic acids is 1. The molecule has 0 radical (unpaired) electrons. The Morgan fingerprint density at radius 3 is 2.64 bits per heavy atom. The second kappa shape index (κ2) is 7.32. The summed E-state index contributed by atoms with van der Waals surface area (Å²) < 4.78 is 16.6. The van der Waals surface area contributed by atoms with Crippen LogP contribution in [-0.2, 0) is 20.6 Å². The number of nitrogens with one attached hydrogen (secondary N) is 1. The minimum Gasteiger partial charge on any atom is -0.479 e. The second-order valence-corrected chi connectivity index (χ2v) is 5.96. The van der Waals surface area contributed by atoms with Gasteiger partial charge in [-0.2, -0.15) is 0 Å². The van der Waals surface area contributed by atoms with Crippen molar-refractivity contribution >= 4 is 13.6 Å². The van der Waals surface area contributed by atoms with E-state index in [0.717, 1.165) is 0 Å². The number of carboxylic acid groups (broad SMARTS) is 1. The molecule has 10 nitrogen and oxygen atoms in total. The van der Waals surface area contributed by atoms with Crippen molar-refractivity contribution in [1.29, 1.82) is 0 Å². The third kappa shape index (κ3) is 5.08. The van der Waals surface area contributed by atoms with Crippen LogP contribution in [0.1, 0.15) is 5.56 Å². The first kappa shape index (κ1) is 18.1. The first-order valence-corrected chi connectivity index (χ1v) is 7.66. The van der Waals surface area contributed by atoms with Crippen LogP contribution in [0.25, 0.3) is 0 Å². The SMILES string of the molecule is Cc1cn(CC=CCOC(C(=O)O)P(=O)(O)O)c(=O)[nH]c1=O. The van der Waals surface area contributed by atoms with Gasteiger partial charge in [-0.1, -0.05) is 12.2 Å². The van der Waals surface area contributed by atoms with Crippen molar-refractivity contribution in [2.45, 2.75) is 19.3 Å². The summed E-state index contributed by atoms with van der Waals surface area (Å²) in [6, 6.07) is 0. The molecule has 1 heterocycles. The topological polar surface area (TPSA) is 159 Å². The van der Waals surface area contributed by atoms with Crippen LogP contribution in [-0.4, -0.2) is 42.9 Å². The smallest absolute Gasteiger partial charge is 0.365 e. The van der Waals surface area contributed by atoms with Gasteiger partial charge < -0.3 is 19.6 Å². The van der Waals surface area contributed by atoms with Crippen LogP contribution in [0.15, 0.2) is 27.9 Å². The molecule has 0 aliphatic rings. The molecule has 1 rings (SSSR count). The molecule has 0 spiro atoms. The van der Waals surface area contributed by atoms with Crippen molar-refractivity contribution in [2.24, 2.45) is 0 Å². The fraction of sp³-hybridized carbons (Fsp3) is 0.364. The van der Waals surface area contributed by atoms with E-state index in [0.29, 0.717) is 5.56 Å². The fourth-order valence-electron chi connectivity index (χ4n) is 1.47. The molecule has 4 N–H and O–H groups in total. The normalized spacial score (nSPS) is 13.4. The summed E-state index contributed by atoms with van der Waals surface area (Å²) in [5.41, 5.74) is -0.754. The van der Waals surface area contributed by atoms with E-state index in [-0.39, 0.29) is 13.2 Å². The molecule has 1 unspecified atom stereocenters. The number of H-pyrrole nitrogens is 1. The Bertz CT molecular complexity index is 728. The summed E-state index contributed by atoms with van der Waals surface area (Å²) in [4.78, 5) is 52.9. The molecule has 0 saturated heterocycles. The van der Waals surface area contributed by atoms with Gasteiger partial charge in [-0.3, -0.25) is 18.9 Å². The maximum Gasteiger partial charge on any atom is 0.365 e. The van der Waals surface area contributed by atoms with Gasteiger partial charge in [0.05, 0.1) is 6.61 Å².